The van der Waals surface area contributed by atoms with E-state index in [1.54, 1.807) is 30.3 Å². The number of hydrogen-bond donors (Lipinski definition) is 1. The third-order valence-electron chi connectivity index (χ3n) is 3.13. The maximum absolute atomic E-state index is 13.1. The molecule has 0 radical (unpaired) electrons. The van der Waals surface area contributed by atoms with E-state index in [2.05, 4.69) is 5.32 Å². The van der Waals surface area contributed by atoms with Gasteiger partial charge < -0.3 is 5.32 Å². The Kier molecular flexibility index (Phi) is 5.33. The molecule has 1 N–H and O–H groups in total. The van der Waals surface area contributed by atoms with E-state index in [-0.39, 0.29) is 18.7 Å². The SMILES string of the molecule is CS(=O)(=O)N(CCNC(=O)c1cccc(F)c1)c1ccccc1. The zero-order valence-corrected chi connectivity index (χ0v) is 13.4. The number of halogens is 1. The van der Waals surface area contributed by atoms with Crippen molar-refractivity contribution in [3.8, 4) is 0 Å². The average molecular weight is 336 g/mol. The van der Waals surface area contributed by atoms with Crippen LogP contribution < -0.4 is 9.62 Å². The van der Waals surface area contributed by atoms with E-state index >= 15 is 0 Å². The van der Waals surface area contributed by atoms with Gasteiger partial charge in [0.2, 0.25) is 10.0 Å². The topological polar surface area (TPSA) is 66.5 Å². The van der Waals surface area contributed by atoms with Crippen molar-refractivity contribution in [1.29, 1.82) is 0 Å². The summed E-state index contributed by atoms with van der Waals surface area (Å²) in [4.78, 5) is 11.9. The number of benzene rings is 2. The van der Waals surface area contributed by atoms with E-state index in [1.807, 2.05) is 0 Å². The van der Waals surface area contributed by atoms with E-state index in [0.717, 1.165) is 12.3 Å². The number of carbonyl (C=O) groups excluding carboxylic acids is 1. The molecule has 5 nitrogen and oxygen atoms in total. The van der Waals surface area contributed by atoms with Crippen LogP contribution >= 0.6 is 0 Å². The van der Waals surface area contributed by atoms with Gasteiger partial charge in [0, 0.05) is 12.1 Å². The van der Waals surface area contributed by atoms with Crippen LogP contribution in [0.1, 0.15) is 10.4 Å². The number of sulfonamides is 1. The van der Waals surface area contributed by atoms with E-state index in [1.165, 1.54) is 22.5 Å². The molecule has 0 heterocycles. The van der Waals surface area contributed by atoms with Gasteiger partial charge in [-0.25, -0.2) is 12.8 Å². The number of hydrogen-bond acceptors (Lipinski definition) is 3. The van der Waals surface area contributed by atoms with E-state index < -0.39 is 21.7 Å². The summed E-state index contributed by atoms with van der Waals surface area (Å²) < 4.78 is 38.1. The van der Waals surface area contributed by atoms with E-state index in [4.69, 9.17) is 0 Å². The van der Waals surface area contributed by atoms with Crippen molar-refractivity contribution >= 4 is 21.6 Å². The third kappa shape index (κ3) is 4.79. The summed E-state index contributed by atoms with van der Waals surface area (Å²) in [6.45, 7) is 0.196. The van der Waals surface area contributed by atoms with Crippen molar-refractivity contribution in [3.63, 3.8) is 0 Å². The van der Waals surface area contributed by atoms with Crippen LogP contribution in [0.5, 0.6) is 0 Å². The van der Waals surface area contributed by atoms with Crippen molar-refractivity contribution in [1.82, 2.24) is 5.32 Å². The lowest BCUT2D eigenvalue weighted by Crippen LogP contribution is -2.38. The van der Waals surface area contributed by atoms with Crippen molar-refractivity contribution in [2.45, 2.75) is 0 Å². The van der Waals surface area contributed by atoms with Crippen LogP contribution in [-0.4, -0.2) is 33.7 Å². The molecule has 0 aromatic heterocycles. The first-order valence-corrected chi connectivity index (χ1v) is 8.79. The highest BCUT2D eigenvalue weighted by molar-refractivity contribution is 7.92. The Morgan fingerprint density at radius 2 is 1.83 bits per heavy atom. The number of carbonyl (C=O) groups is 1. The van der Waals surface area contributed by atoms with Crippen LogP contribution in [0.15, 0.2) is 54.6 Å². The normalized spacial score (nSPS) is 11.0. The fourth-order valence-corrected chi connectivity index (χ4v) is 3.01. The first-order chi connectivity index (χ1) is 10.9. The first-order valence-electron chi connectivity index (χ1n) is 6.94. The zero-order chi connectivity index (χ0) is 16.9. The standard InChI is InChI=1S/C16H17FN2O3S/c1-23(21,22)19(15-8-3-2-4-9-15)11-10-18-16(20)13-6-5-7-14(17)12-13/h2-9,12H,10-11H2,1H3,(H,18,20). The summed E-state index contributed by atoms with van der Waals surface area (Å²) in [5.74, 6) is -0.953. The molecule has 7 heteroatoms. The van der Waals surface area contributed by atoms with E-state index in [0.29, 0.717) is 5.69 Å². The first kappa shape index (κ1) is 17.0. The molecule has 0 fully saturated rings. The molecule has 0 unspecified atom stereocenters. The molecule has 0 spiro atoms. The maximum Gasteiger partial charge on any atom is 0.251 e. The lowest BCUT2D eigenvalue weighted by Gasteiger charge is -2.22. The second-order valence-electron chi connectivity index (χ2n) is 4.94. The smallest absolute Gasteiger partial charge is 0.251 e. The zero-order valence-electron chi connectivity index (χ0n) is 12.6. The highest BCUT2D eigenvalue weighted by atomic mass is 32.2. The van der Waals surface area contributed by atoms with Gasteiger partial charge in [-0.2, -0.15) is 0 Å². The molecule has 0 saturated heterocycles. The molecular formula is C16H17FN2O3S. The number of para-hydroxylation sites is 1. The van der Waals surface area contributed by atoms with Crippen LogP contribution in [-0.2, 0) is 10.0 Å². The summed E-state index contributed by atoms with van der Waals surface area (Å²) in [6, 6.07) is 13.9. The molecule has 2 aromatic carbocycles. The molecule has 0 saturated carbocycles. The van der Waals surface area contributed by atoms with Gasteiger partial charge in [-0.3, -0.25) is 9.10 Å². The Bertz CT molecular complexity index is 779. The largest absolute Gasteiger partial charge is 0.350 e. The van der Waals surface area contributed by atoms with E-state index in [9.17, 15) is 17.6 Å². The highest BCUT2D eigenvalue weighted by Crippen LogP contribution is 2.15. The van der Waals surface area contributed by atoms with Gasteiger partial charge in [0.05, 0.1) is 18.5 Å². The predicted molar refractivity (Wildman–Crippen MR) is 87.4 cm³/mol. The molecule has 2 rings (SSSR count). The Hall–Kier alpha value is -2.41. The van der Waals surface area contributed by atoms with Gasteiger partial charge in [-0.15, -0.1) is 0 Å². The molecular weight excluding hydrogens is 319 g/mol. The van der Waals surface area contributed by atoms with Gasteiger partial charge in [-0.05, 0) is 30.3 Å². The summed E-state index contributed by atoms with van der Waals surface area (Å²) in [6.07, 6.45) is 1.11. The number of anilines is 1. The fraction of sp³-hybridized carbons (Fsp3) is 0.188. The highest BCUT2D eigenvalue weighted by Gasteiger charge is 2.17. The molecule has 23 heavy (non-hydrogen) atoms. The second-order valence-corrected chi connectivity index (χ2v) is 6.84. The molecule has 122 valence electrons. The second kappa shape index (κ2) is 7.23. The van der Waals surface area contributed by atoms with Crippen molar-refractivity contribution in [2.75, 3.05) is 23.7 Å². The Morgan fingerprint density at radius 3 is 2.43 bits per heavy atom. The molecule has 1 amide bonds. The van der Waals surface area contributed by atoms with Crippen LogP contribution in [0.3, 0.4) is 0 Å². The molecule has 2 aromatic rings. The van der Waals surface area contributed by atoms with Crippen molar-refractivity contribution in [3.05, 3.63) is 66.0 Å². The summed E-state index contributed by atoms with van der Waals surface area (Å²) in [5.41, 5.74) is 0.714. The Balaban J connectivity index is 2.01. The lowest BCUT2D eigenvalue weighted by molar-refractivity contribution is 0.0954. The van der Waals surface area contributed by atoms with Crippen LogP contribution in [0, 0.1) is 5.82 Å². The molecule has 0 aliphatic carbocycles. The molecule has 0 aliphatic heterocycles. The monoisotopic (exact) mass is 336 g/mol. The number of nitrogens with one attached hydrogen (secondary N) is 1. The summed E-state index contributed by atoms with van der Waals surface area (Å²) >= 11 is 0. The van der Waals surface area contributed by atoms with Gasteiger partial charge in [0.25, 0.3) is 5.91 Å². The number of nitrogens with zero attached hydrogens (tertiary/aromatic N) is 1. The third-order valence-corrected chi connectivity index (χ3v) is 4.33. The molecule has 0 bridgehead atoms. The van der Waals surface area contributed by atoms with Crippen LogP contribution in [0.4, 0.5) is 10.1 Å². The average Bonchev–Trinajstić information content (AvgIpc) is 2.51. The van der Waals surface area contributed by atoms with Gasteiger partial charge in [-0.1, -0.05) is 24.3 Å². The van der Waals surface area contributed by atoms with Gasteiger partial charge in [0.1, 0.15) is 5.82 Å². The summed E-state index contributed by atoms with van der Waals surface area (Å²) in [5, 5.41) is 2.59. The maximum atomic E-state index is 13.1. The van der Waals surface area contributed by atoms with Crippen molar-refractivity contribution in [2.24, 2.45) is 0 Å². The van der Waals surface area contributed by atoms with Gasteiger partial charge in [0.15, 0.2) is 0 Å². The number of rotatable bonds is 6. The number of amides is 1. The molecule has 0 aliphatic rings. The molecule has 0 atom stereocenters. The minimum Gasteiger partial charge on any atom is -0.350 e. The Labute approximate surface area is 134 Å². The van der Waals surface area contributed by atoms with Crippen molar-refractivity contribution < 1.29 is 17.6 Å². The van der Waals surface area contributed by atoms with Gasteiger partial charge >= 0.3 is 0 Å². The summed E-state index contributed by atoms with van der Waals surface area (Å²) in [7, 11) is -3.47. The van der Waals surface area contributed by atoms with Crippen LogP contribution in [0.25, 0.3) is 0 Å². The fourth-order valence-electron chi connectivity index (χ4n) is 2.08. The minimum absolute atomic E-state index is 0.0872. The van der Waals surface area contributed by atoms with Crippen LogP contribution in [0.2, 0.25) is 0 Å². The Morgan fingerprint density at radius 1 is 1.13 bits per heavy atom. The quantitative estimate of drug-likeness (QED) is 0.878. The predicted octanol–water partition coefficient (Wildman–Crippen LogP) is 2.02. The lowest BCUT2D eigenvalue weighted by atomic mass is 10.2. The minimum atomic E-state index is -3.47.